The standard InChI is InChI=1S/C21H26N4O4/c22-14-3-1-2-12(8-14)10-23-11-13-4-5-15-16(9-13)21(29)25(20(15)28)17-6-7-18(26)24-19(17)27/h4-5,9,12,14,17,23H,1-3,6-8,10-11,22H2,(H,24,26,27). The molecule has 1 saturated carbocycles. The number of hydrogen-bond acceptors (Lipinski definition) is 6. The van der Waals surface area contributed by atoms with Crippen LogP contribution in [-0.4, -0.2) is 47.2 Å². The van der Waals surface area contributed by atoms with E-state index in [2.05, 4.69) is 10.6 Å². The van der Waals surface area contributed by atoms with Gasteiger partial charge in [0, 0.05) is 19.0 Å². The van der Waals surface area contributed by atoms with Crippen LogP contribution in [0.1, 0.15) is 64.8 Å². The Labute approximate surface area is 169 Å². The largest absolute Gasteiger partial charge is 0.328 e. The molecule has 1 saturated heterocycles. The van der Waals surface area contributed by atoms with Gasteiger partial charge in [0.05, 0.1) is 11.1 Å². The van der Waals surface area contributed by atoms with Crippen molar-refractivity contribution in [2.24, 2.45) is 11.7 Å². The number of amides is 4. The van der Waals surface area contributed by atoms with Crippen LogP contribution in [0.15, 0.2) is 18.2 Å². The van der Waals surface area contributed by atoms with E-state index in [4.69, 9.17) is 5.73 Å². The lowest BCUT2D eigenvalue weighted by Crippen LogP contribution is -2.54. The zero-order valence-electron chi connectivity index (χ0n) is 16.3. The Hall–Kier alpha value is -2.58. The van der Waals surface area contributed by atoms with Crippen LogP contribution >= 0.6 is 0 Å². The summed E-state index contributed by atoms with van der Waals surface area (Å²) in [5.41, 5.74) is 7.58. The molecule has 2 aliphatic heterocycles. The number of piperidine rings is 1. The highest BCUT2D eigenvalue weighted by molar-refractivity contribution is 6.23. The number of carbonyl (C=O) groups is 4. The van der Waals surface area contributed by atoms with Gasteiger partial charge in [-0.15, -0.1) is 0 Å². The summed E-state index contributed by atoms with van der Waals surface area (Å²) in [4.78, 5) is 50.0. The molecular weight excluding hydrogens is 372 g/mol. The van der Waals surface area contributed by atoms with E-state index >= 15 is 0 Å². The average molecular weight is 398 g/mol. The molecule has 2 heterocycles. The van der Waals surface area contributed by atoms with E-state index in [0.717, 1.165) is 29.8 Å². The van der Waals surface area contributed by atoms with E-state index in [1.54, 1.807) is 12.1 Å². The highest BCUT2D eigenvalue weighted by Gasteiger charge is 2.44. The van der Waals surface area contributed by atoms with Crippen molar-refractivity contribution in [3.05, 3.63) is 34.9 Å². The van der Waals surface area contributed by atoms with Crippen molar-refractivity contribution in [2.75, 3.05) is 6.54 Å². The third-order valence-electron chi connectivity index (χ3n) is 6.09. The fourth-order valence-corrected chi connectivity index (χ4v) is 4.57. The van der Waals surface area contributed by atoms with Crippen molar-refractivity contribution < 1.29 is 19.2 Å². The van der Waals surface area contributed by atoms with Gasteiger partial charge in [0.25, 0.3) is 11.8 Å². The molecule has 4 rings (SSSR count). The monoisotopic (exact) mass is 398 g/mol. The number of rotatable bonds is 5. The van der Waals surface area contributed by atoms with Gasteiger partial charge in [0.2, 0.25) is 11.8 Å². The summed E-state index contributed by atoms with van der Waals surface area (Å²) in [6, 6.07) is 4.56. The topological polar surface area (TPSA) is 122 Å². The predicted octanol–water partition coefficient (Wildman–Crippen LogP) is 0.695. The Bertz CT molecular complexity index is 868. The fraction of sp³-hybridized carbons (Fsp3) is 0.524. The molecule has 4 amide bonds. The van der Waals surface area contributed by atoms with Crippen molar-refractivity contribution in [3.8, 4) is 0 Å². The molecule has 4 N–H and O–H groups in total. The second kappa shape index (κ2) is 8.04. The molecule has 29 heavy (non-hydrogen) atoms. The van der Waals surface area contributed by atoms with Gasteiger partial charge in [0.1, 0.15) is 6.04 Å². The van der Waals surface area contributed by atoms with E-state index < -0.39 is 23.8 Å². The smallest absolute Gasteiger partial charge is 0.262 e. The summed E-state index contributed by atoms with van der Waals surface area (Å²) < 4.78 is 0. The van der Waals surface area contributed by atoms with Crippen LogP contribution < -0.4 is 16.4 Å². The van der Waals surface area contributed by atoms with Gasteiger partial charge in [-0.3, -0.25) is 29.4 Å². The summed E-state index contributed by atoms with van der Waals surface area (Å²) >= 11 is 0. The van der Waals surface area contributed by atoms with E-state index in [-0.39, 0.29) is 24.8 Å². The maximum atomic E-state index is 12.8. The molecule has 0 radical (unpaired) electrons. The zero-order chi connectivity index (χ0) is 20.5. The molecule has 0 spiro atoms. The molecule has 0 bridgehead atoms. The SMILES string of the molecule is NC1CCCC(CNCc2ccc3c(c2)C(=O)N(C2CCC(=O)NC2=O)C3=O)C1. The average Bonchev–Trinajstić information content (AvgIpc) is 2.93. The molecule has 1 aromatic rings. The number of benzene rings is 1. The summed E-state index contributed by atoms with van der Waals surface area (Å²) in [5.74, 6) is -1.35. The van der Waals surface area contributed by atoms with E-state index in [0.29, 0.717) is 23.6 Å². The van der Waals surface area contributed by atoms with Gasteiger partial charge in [-0.05, 0) is 55.8 Å². The quantitative estimate of drug-likeness (QED) is 0.628. The molecular formula is C21H26N4O4. The van der Waals surface area contributed by atoms with E-state index in [1.807, 2.05) is 6.07 Å². The molecule has 154 valence electrons. The Balaban J connectivity index is 1.41. The molecule has 3 atom stereocenters. The summed E-state index contributed by atoms with van der Waals surface area (Å²) in [6.45, 7) is 1.47. The number of nitrogens with one attached hydrogen (secondary N) is 2. The minimum atomic E-state index is -0.933. The van der Waals surface area contributed by atoms with Crippen LogP contribution in [0.4, 0.5) is 0 Å². The van der Waals surface area contributed by atoms with Gasteiger partial charge in [0.15, 0.2) is 0 Å². The minimum absolute atomic E-state index is 0.115. The number of carbonyl (C=O) groups excluding carboxylic acids is 4. The Kier molecular flexibility index (Phi) is 5.47. The van der Waals surface area contributed by atoms with Crippen molar-refractivity contribution in [1.82, 2.24) is 15.5 Å². The number of imide groups is 2. The van der Waals surface area contributed by atoms with Gasteiger partial charge in [-0.25, -0.2) is 0 Å². The Morgan fingerprint density at radius 1 is 1.07 bits per heavy atom. The lowest BCUT2D eigenvalue weighted by Gasteiger charge is -2.27. The molecule has 8 heteroatoms. The van der Waals surface area contributed by atoms with Crippen LogP contribution in [0.5, 0.6) is 0 Å². The van der Waals surface area contributed by atoms with Crippen molar-refractivity contribution in [1.29, 1.82) is 0 Å². The highest BCUT2D eigenvalue weighted by Crippen LogP contribution is 2.28. The van der Waals surface area contributed by atoms with Crippen LogP contribution in [0.2, 0.25) is 0 Å². The number of nitrogens with two attached hydrogens (primary N) is 1. The van der Waals surface area contributed by atoms with Crippen LogP contribution in [0.3, 0.4) is 0 Å². The molecule has 2 fully saturated rings. The van der Waals surface area contributed by atoms with Crippen LogP contribution in [0, 0.1) is 5.92 Å². The van der Waals surface area contributed by atoms with Gasteiger partial charge in [-0.1, -0.05) is 12.5 Å². The first-order valence-electron chi connectivity index (χ1n) is 10.2. The second-order valence-corrected chi connectivity index (χ2v) is 8.25. The summed E-state index contributed by atoms with van der Waals surface area (Å²) in [6.07, 6.45) is 4.75. The molecule has 8 nitrogen and oxygen atoms in total. The lowest BCUT2D eigenvalue weighted by atomic mass is 9.86. The first kappa shape index (κ1) is 19.7. The predicted molar refractivity (Wildman–Crippen MR) is 105 cm³/mol. The molecule has 3 aliphatic rings. The number of hydrogen-bond donors (Lipinski definition) is 3. The maximum absolute atomic E-state index is 12.8. The van der Waals surface area contributed by atoms with Gasteiger partial charge >= 0.3 is 0 Å². The van der Waals surface area contributed by atoms with E-state index in [1.165, 1.54) is 12.8 Å². The van der Waals surface area contributed by atoms with Crippen molar-refractivity contribution >= 4 is 23.6 Å². The Morgan fingerprint density at radius 3 is 2.62 bits per heavy atom. The molecule has 1 aliphatic carbocycles. The summed E-state index contributed by atoms with van der Waals surface area (Å²) in [5, 5.41) is 5.63. The van der Waals surface area contributed by atoms with Crippen LogP contribution in [0.25, 0.3) is 0 Å². The minimum Gasteiger partial charge on any atom is -0.328 e. The van der Waals surface area contributed by atoms with E-state index in [9.17, 15) is 19.2 Å². The number of fused-ring (bicyclic) bond motifs is 1. The lowest BCUT2D eigenvalue weighted by molar-refractivity contribution is -0.136. The third-order valence-corrected chi connectivity index (χ3v) is 6.09. The molecule has 0 aromatic heterocycles. The first-order chi connectivity index (χ1) is 13.9. The van der Waals surface area contributed by atoms with Gasteiger partial charge < -0.3 is 11.1 Å². The molecule has 1 aromatic carbocycles. The maximum Gasteiger partial charge on any atom is 0.262 e. The van der Waals surface area contributed by atoms with Gasteiger partial charge in [-0.2, -0.15) is 0 Å². The number of nitrogens with zero attached hydrogens (tertiary/aromatic N) is 1. The molecule has 3 unspecified atom stereocenters. The second-order valence-electron chi connectivity index (χ2n) is 8.25. The summed E-state index contributed by atoms with van der Waals surface area (Å²) in [7, 11) is 0. The first-order valence-corrected chi connectivity index (χ1v) is 10.2. The van der Waals surface area contributed by atoms with Crippen molar-refractivity contribution in [2.45, 2.75) is 57.2 Å². The highest BCUT2D eigenvalue weighted by atomic mass is 16.2. The van der Waals surface area contributed by atoms with Crippen molar-refractivity contribution in [3.63, 3.8) is 0 Å². The van der Waals surface area contributed by atoms with Crippen LogP contribution in [-0.2, 0) is 16.1 Å². The fourth-order valence-electron chi connectivity index (χ4n) is 4.57. The zero-order valence-corrected chi connectivity index (χ0v) is 16.3. The normalized spacial score (nSPS) is 27.2. The Morgan fingerprint density at radius 2 is 1.86 bits per heavy atom. The third kappa shape index (κ3) is 3.95.